The number of hydrogen-bond acceptors (Lipinski definition) is 1. The Balaban J connectivity index is 2.63. The highest BCUT2D eigenvalue weighted by atomic mass is 79.9. The third-order valence-electron chi connectivity index (χ3n) is 2.62. The van der Waals surface area contributed by atoms with E-state index in [4.69, 9.17) is 0 Å². The lowest BCUT2D eigenvalue weighted by atomic mass is 9.93. The number of hydrogen-bond donors (Lipinski definition) is 1. The van der Waals surface area contributed by atoms with Crippen molar-refractivity contribution >= 4 is 15.9 Å². The molecule has 0 saturated heterocycles. The van der Waals surface area contributed by atoms with Gasteiger partial charge in [-0.05, 0) is 37.0 Å². The summed E-state index contributed by atoms with van der Waals surface area (Å²) < 4.78 is 1.10. The maximum atomic E-state index is 9.52. The molecule has 0 fully saturated rings. The molecule has 0 spiro atoms. The minimum atomic E-state index is -0.219. The highest BCUT2D eigenvalue weighted by Gasteiger charge is 2.12. The number of rotatable bonds is 4. The third-order valence-corrected chi connectivity index (χ3v) is 3.15. The molecular formula is C12H17BrO. The van der Waals surface area contributed by atoms with Crippen LogP contribution in [0.15, 0.2) is 28.7 Å². The van der Waals surface area contributed by atoms with E-state index in [0.717, 1.165) is 17.3 Å². The molecule has 2 unspecified atom stereocenters. The summed E-state index contributed by atoms with van der Waals surface area (Å²) in [5.41, 5.74) is 1.29. The molecule has 0 saturated carbocycles. The lowest BCUT2D eigenvalue weighted by molar-refractivity contribution is 0.123. The van der Waals surface area contributed by atoms with E-state index in [9.17, 15) is 5.11 Å². The Hall–Kier alpha value is -0.340. The second-order valence-corrected chi connectivity index (χ2v) is 4.66. The molecular weight excluding hydrogens is 240 g/mol. The van der Waals surface area contributed by atoms with Crippen LogP contribution < -0.4 is 0 Å². The zero-order valence-corrected chi connectivity index (χ0v) is 10.3. The first kappa shape index (κ1) is 11.7. The molecule has 0 amide bonds. The molecule has 0 aromatic heterocycles. The van der Waals surface area contributed by atoms with Gasteiger partial charge in [0.15, 0.2) is 0 Å². The van der Waals surface area contributed by atoms with Gasteiger partial charge in [0.2, 0.25) is 0 Å². The molecule has 1 aromatic carbocycles. The molecule has 1 N–H and O–H groups in total. The van der Waals surface area contributed by atoms with Crippen molar-refractivity contribution < 1.29 is 5.11 Å². The maximum Gasteiger partial charge on any atom is 0.0543 e. The second-order valence-electron chi connectivity index (χ2n) is 3.74. The summed E-state index contributed by atoms with van der Waals surface area (Å²) in [4.78, 5) is 0. The van der Waals surface area contributed by atoms with Crippen molar-refractivity contribution in [2.75, 3.05) is 0 Å². The predicted octanol–water partition coefficient (Wildman–Crippen LogP) is 3.40. The summed E-state index contributed by atoms with van der Waals surface area (Å²) >= 11 is 3.41. The van der Waals surface area contributed by atoms with E-state index in [1.165, 1.54) is 5.56 Å². The first-order valence-electron chi connectivity index (χ1n) is 5.06. The molecule has 14 heavy (non-hydrogen) atoms. The summed E-state index contributed by atoms with van der Waals surface area (Å²) in [5.74, 6) is 0.371. The van der Waals surface area contributed by atoms with Crippen molar-refractivity contribution in [3.05, 3.63) is 34.3 Å². The van der Waals surface area contributed by atoms with Crippen molar-refractivity contribution in [2.45, 2.75) is 32.8 Å². The van der Waals surface area contributed by atoms with Crippen LogP contribution in [0.25, 0.3) is 0 Å². The molecule has 1 nitrogen and oxygen atoms in total. The number of benzene rings is 1. The molecule has 0 aliphatic rings. The van der Waals surface area contributed by atoms with Crippen molar-refractivity contribution in [2.24, 2.45) is 5.92 Å². The van der Waals surface area contributed by atoms with E-state index in [2.05, 4.69) is 35.0 Å². The summed E-state index contributed by atoms with van der Waals surface area (Å²) in [7, 11) is 0. The molecule has 2 atom stereocenters. The van der Waals surface area contributed by atoms with Crippen molar-refractivity contribution in [3.63, 3.8) is 0 Å². The highest BCUT2D eigenvalue weighted by molar-refractivity contribution is 9.10. The van der Waals surface area contributed by atoms with E-state index < -0.39 is 0 Å². The minimum absolute atomic E-state index is 0.219. The highest BCUT2D eigenvalue weighted by Crippen LogP contribution is 2.18. The summed E-state index contributed by atoms with van der Waals surface area (Å²) in [6.45, 7) is 3.99. The van der Waals surface area contributed by atoms with E-state index in [-0.39, 0.29) is 6.10 Å². The van der Waals surface area contributed by atoms with Gasteiger partial charge in [0.1, 0.15) is 0 Å². The molecule has 2 heteroatoms. The van der Waals surface area contributed by atoms with Crippen LogP contribution in [0.3, 0.4) is 0 Å². The average molecular weight is 257 g/mol. The SMILES string of the molecule is CCC(Cc1ccc(Br)cc1)C(C)O. The number of aliphatic hydroxyl groups excluding tert-OH is 1. The first-order chi connectivity index (χ1) is 6.63. The van der Waals surface area contributed by atoms with Gasteiger partial charge in [-0.15, -0.1) is 0 Å². The smallest absolute Gasteiger partial charge is 0.0543 e. The maximum absolute atomic E-state index is 9.52. The number of aliphatic hydroxyl groups is 1. The molecule has 78 valence electrons. The van der Waals surface area contributed by atoms with Crippen LogP contribution in [0.5, 0.6) is 0 Å². The van der Waals surface area contributed by atoms with Gasteiger partial charge in [-0.2, -0.15) is 0 Å². The molecule has 0 heterocycles. The quantitative estimate of drug-likeness (QED) is 0.876. The van der Waals surface area contributed by atoms with E-state index >= 15 is 0 Å². The Morgan fingerprint density at radius 3 is 2.29 bits per heavy atom. The monoisotopic (exact) mass is 256 g/mol. The summed E-state index contributed by atoms with van der Waals surface area (Å²) in [6.07, 6.45) is 1.76. The zero-order valence-electron chi connectivity index (χ0n) is 8.70. The lowest BCUT2D eigenvalue weighted by Gasteiger charge is -2.17. The molecule has 0 bridgehead atoms. The molecule has 0 aliphatic heterocycles. The average Bonchev–Trinajstić information content (AvgIpc) is 2.16. The summed E-state index contributed by atoms with van der Waals surface area (Å²) in [6, 6.07) is 8.30. The minimum Gasteiger partial charge on any atom is -0.393 e. The van der Waals surface area contributed by atoms with Crippen molar-refractivity contribution in [1.82, 2.24) is 0 Å². The fourth-order valence-corrected chi connectivity index (χ4v) is 1.84. The van der Waals surface area contributed by atoms with E-state index in [1.807, 2.05) is 19.1 Å². The van der Waals surface area contributed by atoms with Crippen LogP contribution in [0, 0.1) is 5.92 Å². The summed E-state index contributed by atoms with van der Waals surface area (Å²) in [5, 5.41) is 9.52. The molecule has 1 aromatic rings. The Morgan fingerprint density at radius 1 is 1.29 bits per heavy atom. The van der Waals surface area contributed by atoms with Crippen LogP contribution >= 0.6 is 15.9 Å². The Morgan fingerprint density at radius 2 is 1.86 bits per heavy atom. The molecule has 1 rings (SSSR count). The van der Waals surface area contributed by atoms with Crippen molar-refractivity contribution in [3.8, 4) is 0 Å². The van der Waals surface area contributed by atoms with Crippen LogP contribution in [0.1, 0.15) is 25.8 Å². The van der Waals surface area contributed by atoms with Gasteiger partial charge in [0.25, 0.3) is 0 Å². The second kappa shape index (κ2) is 5.52. The van der Waals surface area contributed by atoms with Gasteiger partial charge in [0, 0.05) is 4.47 Å². The Kier molecular flexibility index (Phi) is 4.63. The van der Waals surface area contributed by atoms with Gasteiger partial charge < -0.3 is 5.11 Å². The van der Waals surface area contributed by atoms with E-state index in [1.54, 1.807) is 0 Å². The fourth-order valence-electron chi connectivity index (χ4n) is 1.58. The Bertz CT molecular complexity index is 266. The number of halogens is 1. The first-order valence-corrected chi connectivity index (χ1v) is 5.85. The van der Waals surface area contributed by atoms with Crippen LogP contribution in [0.4, 0.5) is 0 Å². The largest absolute Gasteiger partial charge is 0.393 e. The fraction of sp³-hybridized carbons (Fsp3) is 0.500. The van der Waals surface area contributed by atoms with Gasteiger partial charge in [0.05, 0.1) is 6.10 Å². The Labute approximate surface area is 94.3 Å². The van der Waals surface area contributed by atoms with Crippen LogP contribution in [-0.4, -0.2) is 11.2 Å². The van der Waals surface area contributed by atoms with Crippen LogP contribution in [-0.2, 0) is 6.42 Å². The van der Waals surface area contributed by atoms with E-state index in [0.29, 0.717) is 5.92 Å². The topological polar surface area (TPSA) is 20.2 Å². The van der Waals surface area contributed by atoms with Gasteiger partial charge in [-0.3, -0.25) is 0 Å². The van der Waals surface area contributed by atoms with Gasteiger partial charge >= 0.3 is 0 Å². The zero-order chi connectivity index (χ0) is 10.6. The third kappa shape index (κ3) is 3.43. The molecule has 0 aliphatic carbocycles. The molecule has 0 radical (unpaired) electrons. The van der Waals surface area contributed by atoms with Crippen LogP contribution in [0.2, 0.25) is 0 Å². The van der Waals surface area contributed by atoms with Gasteiger partial charge in [-0.25, -0.2) is 0 Å². The lowest BCUT2D eigenvalue weighted by Crippen LogP contribution is -2.18. The standard InChI is InChI=1S/C12H17BrO/c1-3-11(9(2)14)8-10-4-6-12(13)7-5-10/h4-7,9,11,14H,3,8H2,1-2H3. The van der Waals surface area contributed by atoms with Gasteiger partial charge in [-0.1, -0.05) is 41.4 Å². The normalized spacial score (nSPS) is 15.1. The van der Waals surface area contributed by atoms with Crippen molar-refractivity contribution in [1.29, 1.82) is 0 Å². The predicted molar refractivity (Wildman–Crippen MR) is 63.3 cm³/mol.